The smallest absolute Gasteiger partial charge is 0.121 e. The van der Waals surface area contributed by atoms with E-state index in [0.717, 1.165) is 47.6 Å². The predicted molar refractivity (Wildman–Crippen MR) is 82.6 cm³/mol. The number of nitrogens with zero attached hydrogens (tertiary/aromatic N) is 2. The number of aromatic nitrogens is 2. The Bertz CT molecular complexity index is 515. The average Bonchev–Trinajstić information content (AvgIpc) is 2.89. The molecule has 20 heavy (non-hydrogen) atoms. The summed E-state index contributed by atoms with van der Waals surface area (Å²) in [6.07, 6.45) is 1.72. The van der Waals surface area contributed by atoms with Crippen LogP contribution >= 0.6 is 22.9 Å². The van der Waals surface area contributed by atoms with Crippen molar-refractivity contribution in [2.45, 2.75) is 12.8 Å². The molecule has 0 atom stereocenters. The molecule has 0 aliphatic carbocycles. The molecule has 0 aliphatic heterocycles. The van der Waals surface area contributed by atoms with Crippen LogP contribution in [-0.4, -0.2) is 37.0 Å². The van der Waals surface area contributed by atoms with Crippen LogP contribution in [0.3, 0.4) is 0 Å². The zero-order chi connectivity index (χ0) is 14.2. The van der Waals surface area contributed by atoms with E-state index in [-0.39, 0.29) is 0 Å². The monoisotopic (exact) mass is 311 g/mol. The average molecular weight is 312 g/mol. The van der Waals surface area contributed by atoms with E-state index in [1.54, 1.807) is 18.4 Å². The Morgan fingerprint density at radius 1 is 1.15 bits per heavy atom. The normalized spacial score (nSPS) is 10.9. The van der Waals surface area contributed by atoms with Gasteiger partial charge in [0, 0.05) is 38.1 Å². The second kappa shape index (κ2) is 8.32. The topological polar surface area (TPSA) is 47.0 Å². The number of nitrogens with one attached hydrogen (secondary N) is 1. The second-order valence-corrected chi connectivity index (χ2v) is 5.97. The van der Waals surface area contributed by atoms with Gasteiger partial charge < -0.3 is 10.1 Å². The number of halogens is 1. The van der Waals surface area contributed by atoms with Gasteiger partial charge in [-0.15, -0.1) is 21.5 Å². The first-order chi connectivity index (χ1) is 9.78. The highest BCUT2D eigenvalue weighted by atomic mass is 35.5. The molecule has 108 valence electrons. The van der Waals surface area contributed by atoms with Gasteiger partial charge in [-0.25, -0.2) is 0 Å². The zero-order valence-corrected chi connectivity index (χ0v) is 13.0. The van der Waals surface area contributed by atoms with Gasteiger partial charge in [-0.1, -0.05) is 23.7 Å². The predicted octanol–water partition coefficient (Wildman–Crippen LogP) is 2.56. The number of methoxy groups -OCH3 is 1. The maximum atomic E-state index is 5.87. The summed E-state index contributed by atoms with van der Waals surface area (Å²) < 4.78 is 4.98. The van der Waals surface area contributed by atoms with Crippen LogP contribution in [0, 0.1) is 0 Å². The fourth-order valence-electron chi connectivity index (χ4n) is 1.73. The highest BCUT2D eigenvalue weighted by molar-refractivity contribution is 7.11. The molecule has 0 saturated heterocycles. The van der Waals surface area contributed by atoms with E-state index in [1.807, 2.05) is 24.3 Å². The van der Waals surface area contributed by atoms with Gasteiger partial charge in [-0.3, -0.25) is 0 Å². The molecule has 4 nitrogen and oxygen atoms in total. The highest BCUT2D eigenvalue weighted by Gasteiger charge is 2.05. The molecule has 2 aromatic rings. The van der Waals surface area contributed by atoms with Crippen LogP contribution in [0.5, 0.6) is 0 Å². The Kier molecular flexibility index (Phi) is 6.39. The fraction of sp³-hybridized carbons (Fsp3) is 0.429. The summed E-state index contributed by atoms with van der Waals surface area (Å²) in [4.78, 5) is 0. The van der Waals surface area contributed by atoms with Crippen molar-refractivity contribution in [3.8, 4) is 0 Å². The number of benzene rings is 1. The van der Waals surface area contributed by atoms with Crippen LogP contribution in [-0.2, 0) is 17.6 Å². The van der Waals surface area contributed by atoms with Gasteiger partial charge in [-0.2, -0.15) is 0 Å². The third-order valence-electron chi connectivity index (χ3n) is 2.78. The molecule has 6 heteroatoms. The maximum Gasteiger partial charge on any atom is 0.121 e. The molecular formula is C14H18ClN3OS. The van der Waals surface area contributed by atoms with Crippen LogP contribution in [0.15, 0.2) is 24.3 Å². The van der Waals surface area contributed by atoms with Gasteiger partial charge in [-0.05, 0) is 17.7 Å². The third-order valence-corrected chi connectivity index (χ3v) is 4.01. The highest BCUT2D eigenvalue weighted by Crippen LogP contribution is 2.16. The van der Waals surface area contributed by atoms with E-state index in [9.17, 15) is 0 Å². The molecule has 0 saturated carbocycles. The van der Waals surface area contributed by atoms with Crippen molar-refractivity contribution in [3.63, 3.8) is 0 Å². The summed E-state index contributed by atoms with van der Waals surface area (Å²) in [5, 5.41) is 14.6. The Hall–Kier alpha value is -1.01. The van der Waals surface area contributed by atoms with E-state index >= 15 is 0 Å². The number of hydrogen-bond acceptors (Lipinski definition) is 5. The van der Waals surface area contributed by atoms with Crippen molar-refractivity contribution >= 4 is 22.9 Å². The van der Waals surface area contributed by atoms with Crippen LogP contribution < -0.4 is 5.32 Å². The first-order valence-electron chi connectivity index (χ1n) is 6.53. The Labute approximate surface area is 128 Å². The molecule has 0 radical (unpaired) electrons. The molecule has 0 amide bonds. The Morgan fingerprint density at radius 3 is 2.65 bits per heavy atom. The Balaban J connectivity index is 1.78. The molecule has 1 aromatic heterocycles. The minimum absolute atomic E-state index is 0.734. The molecular weight excluding hydrogens is 294 g/mol. The summed E-state index contributed by atoms with van der Waals surface area (Å²) >= 11 is 7.54. The van der Waals surface area contributed by atoms with Crippen LogP contribution in [0.2, 0.25) is 5.02 Å². The minimum Gasteiger partial charge on any atom is -0.383 e. The summed E-state index contributed by atoms with van der Waals surface area (Å²) in [5.74, 6) is 0. The van der Waals surface area contributed by atoms with Crippen LogP contribution in [0.25, 0.3) is 0 Å². The molecule has 0 unspecified atom stereocenters. The van der Waals surface area contributed by atoms with E-state index in [4.69, 9.17) is 16.3 Å². The largest absolute Gasteiger partial charge is 0.383 e. The molecule has 0 fully saturated rings. The van der Waals surface area contributed by atoms with E-state index in [0.29, 0.717) is 0 Å². The summed E-state index contributed by atoms with van der Waals surface area (Å²) in [6, 6.07) is 7.85. The van der Waals surface area contributed by atoms with Crippen LogP contribution in [0.4, 0.5) is 0 Å². The SMILES string of the molecule is COCCNCCc1nnc(Cc2ccc(Cl)cc2)s1. The minimum atomic E-state index is 0.734. The first-order valence-corrected chi connectivity index (χ1v) is 7.72. The van der Waals surface area contributed by atoms with Gasteiger partial charge in [0.15, 0.2) is 0 Å². The van der Waals surface area contributed by atoms with Crippen LogP contribution in [0.1, 0.15) is 15.6 Å². The fourth-order valence-corrected chi connectivity index (χ4v) is 2.74. The molecule has 1 heterocycles. The third kappa shape index (κ3) is 5.17. The van der Waals surface area contributed by atoms with Crippen molar-refractivity contribution in [2.24, 2.45) is 0 Å². The lowest BCUT2D eigenvalue weighted by atomic mass is 10.2. The van der Waals surface area contributed by atoms with E-state index in [1.165, 1.54) is 5.56 Å². The van der Waals surface area contributed by atoms with Gasteiger partial charge in [0.05, 0.1) is 6.61 Å². The zero-order valence-electron chi connectivity index (χ0n) is 11.4. The lowest BCUT2D eigenvalue weighted by molar-refractivity contribution is 0.199. The van der Waals surface area contributed by atoms with Gasteiger partial charge in [0.25, 0.3) is 0 Å². The van der Waals surface area contributed by atoms with Gasteiger partial charge in [0.2, 0.25) is 0 Å². The van der Waals surface area contributed by atoms with Crippen molar-refractivity contribution in [3.05, 3.63) is 44.9 Å². The van der Waals surface area contributed by atoms with Crippen molar-refractivity contribution in [1.29, 1.82) is 0 Å². The molecule has 1 aromatic carbocycles. The maximum absolute atomic E-state index is 5.87. The summed E-state index contributed by atoms with van der Waals surface area (Å²) in [7, 11) is 1.70. The van der Waals surface area contributed by atoms with Crippen molar-refractivity contribution in [2.75, 3.05) is 26.8 Å². The number of hydrogen-bond donors (Lipinski definition) is 1. The summed E-state index contributed by atoms with van der Waals surface area (Å²) in [6.45, 7) is 2.50. The Morgan fingerprint density at radius 2 is 1.90 bits per heavy atom. The molecule has 0 spiro atoms. The molecule has 2 rings (SSSR count). The first kappa shape index (κ1) is 15.4. The van der Waals surface area contributed by atoms with Crippen molar-refractivity contribution in [1.82, 2.24) is 15.5 Å². The quantitative estimate of drug-likeness (QED) is 0.761. The lowest BCUT2D eigenvalue weighted by Crippen LogP contribution is -2.21. The van der Waals surface area contributed by atoms with E-state index < -0.39 is 0 Å². The summed E-state index contributed by atoms with van der Waals surface area (Å²) in [5.41, 5.74) is 1.20. The number of rotatable bonds is 8. The number of ether oxygens (including phenoxy) is 1. The van der Waals surface area contributed by atoms with Gasteiger partial charge in [0.1, 0.15) is 10.0 Å². The van der Waals surface area contributed by atoms with E-state index in [2.05, 4.69) is 15.5 Å². The second-order valence-electron chi connectivity index (χ2n) is 4.39. The van der Waals surface area contributed by atoms with Gasteiger partial charge >= 0.3 is 0 Å². The van der Waals surface area contributed by atoms with Crippen molar-refractivity contribution < 1.29 is 4.74 Å². The molecule has 1 N–H and O–H groups in total. The molecule has 0 aliphatic rings. The molecule has 0 bridgehead atoms. The lowest BCUT2D eigenvalue weighted by Gasteiger charge is -2.00. The standard InChI is InChI=1S/C14H18ClN3OS/c1-19-9-8-16-7-6-13-17-18-14(20-13)10-11-2-4-12(15)5-3-11/h2-5,16H,6-10H2,1H3.